The zero-order valence-electron chi connectivity index (χ0n) is 18.5. The molecule has 3 aromatic rings. The lowest BCUT2D eigenvalue weighted by Gasteiger charge is -2.25. The third kappa shape index (κ3) is 5.94. The summed E-state index contributed by atoms with van der Waals surface area (Å²) in [6.07, 6.45) is 1.83. The Balaban J connectivity index is 1.93. The molecule has 1 aromatic heterocycles. The van der Waals surface area contributed by atoms with Crippen LogP contribution in [-0.2, 0) is 25.4 Å². The van der Waals surface area contributed by atoms with Gasteiger partial charge in [0.25, 0.3) is 6.29 Å². The van der Waals surface area contributed by atoms with Crippen LogP contribution in [0, 0.1) is 13.8 Å². The quantitative estimate of drug-likeness (QED) is 0.308. The van der Waals surface area contributed by atoms with Crippen molar-refractivity contribution in [3.05, 3.63) is 59.7 Å². The Bertz CT molecular complexity index is 954. The summed E-state index contributed by atoms with van der Waals surface area (Å²) in [5.41, 5.74) is 2.35. The lowest BCUT2D eigenvalue weighted by molar-refractivity contribution is -0.00370. The molecular weight excluding hydrogens is 431 g/mol. The van der Waals surface area contributed by atoms with Crippen molar-refractivity contribution in [2.45, 2.75) is 66.3 Å². The van der Waals surface area contributed by atoms with Crippen molar-refractivity contribution in [3.8, 4) is 11.5 Å². The average Bonchev–Trinajstić information content (AvgIpc) is 2.73. The van der Waals surface area contributed by atoms with Gasteiger partial charge in [0.1, 0.15) is 26.6 Å². The molecule has 2 atom stereocenters. The Kier molecular flexibility index (Phi) is 8.51. The van der Waals surface area contributed by atoms with E-state index in [4.69, 9.17) is 14.0 Å². The van der Waals surface area contributed by atoms with E-state index in [0.717, 1.165) is 38.9 Å². The zero-order chi connectivity index (χ0) is 21.5. The summed E-state index contributed by atoms with van der Waals surface area (Å²) in [5.74, 6) is 1.67. The fraction of sp³-hybridized carbons (Fsp3) is 0.455. The fourth-order valence-corrected chi connectivity index (χ4v) is 11.2. The monoisotopic (exact) mass is 463 g/mol. The van der Waals surface area contributed by atoms with Crippen molar-refractivity contribution in [2.24, 2.45) is 0 Å². The van der Waals surface area contributed by atoms with Crippen LogP contribution < -0.4 is 9.47 Å². The van der Waals surface area contributed by atoms with Crippen LogP contribution in [0.3, 0.4) is 0 Å². The van der Waals surface area contributed by atoms with Crippen LogP contribution in [0.25, 0.3) is 0 Å². The number of nitrogens with zero attached hydrogens (tertiary/aromatic N) is 3. The van der Waals surface area contributed by atoms with Crippen molar-refractivity contribution in [1.82, 2.24) is 12.7 Å². The maximum absolute atomic E-state index is 6.34. The van der Waals surface area contributed by atoms with Crippen LogP contribution in [0.15, 0.2) is 48.5 Å². The van der Waals surface area contributed by atoms with Crippen LogP contribution in [0.2, 0.25) is 0 Å². The minimum atomic E-state index is -0.406. The van der Waals surface area contributed by atoms with E-state index in [1.54, 1.807) is 0 Å². The highest BCUT2D eigenvalue weighted by Gasteiger charge is 2.17. The van der Waals surface area contributed by atoms with E-state index in [1.165, 1.54) is 11.1 Å². The summed E-state index contributed by atoms with van der Waals surface area (Å²) in [6.45, 7) is 12.6. The number of rotatable bonds is 9. The Morgan fingerprint density at radius 2 is 1.53 bits per heavy atom. The van der Waals surface area contributed by atoms with Crippen LogP contribution in [0.1, 0.15) is 31.9 Å². The Hall–Kier alpha value is -1.66. The molecule has 2 aromatic carbocycles. The summed E-state index contributed by atoms with van der Waals surface area (Å²) in [6, 6.07) is 16.3. The van der Waals surface area contributed by atoms with E-state index < -0.39 is 14.1 Å². The maximum Gasteiger partial charge on any atom is 0.259 e. The smallest absolute Gasteiger partial charge is 0.259 e. The molecule has 0 amide bonds. The number of aromatic nitrogens is 3. The summed E-state index contributed by atoms with van der Waals surface area (Å²) in [7, 11) is 0.259. The second-order valence-corrected chi connectivity index (χ2v) is 13.3. The summed E-state index contributed by atoms with van der Waals surface area (Å²) in [5, 5.41) is 0. The molecule has 0 spiro atoms. The molecule has 0 saturated carbocycles. The molecule has 0 radical (unpaired) electrons. The largest absolute Gasteiger partial charge is 0.453 e. The fourth-order valence-electron chi connectivity index (χ4n) is 3.35. The van der Waals surface area contributed by atoms with Crippen LogP contribution >= 0.6 is 24.2 Å². The molecule has 0 aliphatic carbocycles. The molecule has 0 N–H and O–H groups in total. The molecule has 30 heavy (non-hydrogen) atoms. The molecule has 2 unspecified atom stereocenters. The summed E-state index contributed by atoms with van der Waals surface area (Å²) >= 11 is 0. The number of hydrogen-bond acceptors (Lipinski definition) is 3. The van der Waals surface area contributed by atoms with Crippen LogP contribution in [0.4, 0.5) is 0 Å². The first kappa shape index (κ1) is 23.0. The van der Waals surface area contributed by atoms with Gasteiger partial charge >= 0.3 is 0 Å². The van der Waals surface area contributed by atoms with Crippen molar-refractivity contribution in [1.29, 1.82) is 0 Å². The van der Waals surface area contributed by atoms with Gasteiger partial charge in [-0.05, 0) is 56.2 Å². The number of benzene rings is 2. The van der Waals surface area contributed by atoms with E-state index in [1.807, 2.05) is 24.3 Å². The van der Waals surface area contributed by atoms with Gasteiger partial charge in [-0.1, -0.05) is 38.1 Å². The summed E-state index contributed by atoms with van der Waals surface area (Å²) < 4.78 is 22.7. The molecule has 5 nitrogen and oxygen atoms in total. The van der Waals surface area contributed by atoms with E-state index in [2.05, 4.69) is 67.1 Å². The number of ether oxygens (including phenoxy) is 2. The molecule has 0 bridgehead atoms. The SMILES string of the molecule is CCn1p(CC)npn(CC(Oc2cccc(C)c2)Oc2cccc(C)c2)p1CC. The van der Waals surface area contributed by atoms with E-state index >= 15 is 0 Å². The molecule has 3 rings (SSSR count). The van der Waals surface area contributed by atoms with Gasteiger partial charge in [-0.3, -0.25) is 8.18 Å². The highest BCUT2D eigenvalue weighted by molar-refractivity contribution is 7.59. The molecule has 0 saturated heterocycles. The Morgan fingerprint density at radius 3 is 2.00 bits per heavy atom. The minimum Gasteiger partial charge on any atom is -0.453 e. The first-order valence-electron chi connectivity index (χ1n) is 10.5. The van der Waals surface area contributed by atoms with Crippen LogP contribution in [0.5, 0.6) is 11.5 Å². The van der Waals surface area contributed by atoms with Crippen molar-refractivity contribution in [3.63, 3.8) is 0 Å². The van der Waals surface area contributed by atoms with Gasteiger partial charge < -0.3 is 9.47 Å². The predicted molar refractivity (Wildman–Crippen MR) is 130 cm³/mol. The van der Waals surface area contributed by atoms with Gasteiger partial charge in [0.05, 0.1) is 7.85 Å². The highest BCUT2D eigenvalue weighted by Crippen LogP contribution is 2.41. The van der Waals surface area contributed by atoms with E-state index in [0.29, 0.717) is 6.54 Å². The third-order valence-corrected chi connectivity index (χ3v) is 11.8. The highest BCUT2D eigenvalue weighted by atomic mass is 31.2. The second kappa shape index (κ2) is 11.1. The standard InChI is InChI=1S/C22H32N3O2P3/c1-6-25-29(7-2)23-28-24(30(25)8-3)17-22(26-20-13-9-11-18(4)15-20)27-21-14-10-12-19(5)16-21/h9-16,22H,6-8,17H2,1-5H3. The topological polar surface area (TPSA) is 41.2 Å². The van der Waals surface area contributed by atoms with Gasteiger partial charge in [-0.2, -0.15) is 4.51 Å². The number of aryl methyl sites for hydroxylation is 3. The third-order valence-electron chi connectivity index (χ3n) is 4.72. The second-order valence-electron chi connectivity index (χ2n) is 7.10. The van der Waals surface area contributed by atoms with Gasteiger partial charge in [0.2, 0.25) is 0 Å². The maximum atomic E-state index is 6.34. The Morgan fingerprint density at radius 1 is 0.933 bits per heavy atom. The van der Waals surface area contributed by atoms with Gasteiger partial charge in [-0.25, -0.2) is 0 Å². The first-order chi connectivity index (χ1) is 14.5. The Labute approximate surface area is 184 Å². The molecule has 1 heterocycles. The zero-order valence-corrected chi connectivity index (χ0v) is 21.2. The van der Waals surface area contributed by atoms with Gasteiger partial charge in [0, 0.05) is 26.7 Å². The summed E-state index contributed by atoms with van der Waals surface area (Å²) in [4.78, 5) is 0. The molecule has 162 valence electrons. The first-order valence-corrected chi connectivity index (χ1v) is 14.2. The predicted octanol–water partition coefficient (Wildman–Crippen LogP) is 7.52. The molecular formula is C22H32N3O2P3. The van der Waals surface area contributed by atoms with Crippen molar-refractivity contribution >= 4 is 24.2 Å². The molecule has 0 aliphatic heterocycles. The van der Waals surface area contributed by atoms with Crippen molar-refractivity contribution in [2.75, 3.05) is 0 Å². The van der Waals surface area contributed by atoms with E-state index in [9.17, 15) is 0 Å². The number of hydrogen-bond donors (Lipinski definition) is 0. The lowest BCUT2D eigenvalue weighted by Crippen LogP contribution is -2.29. The molecule has 0 aliphatic rings. The van der Waals surface area contributed by atoms with Crippen LogP contribution in [-0.4, -0.2) is 19.0 Å². The van der Waals surface area contributed by atoms with Gasteiger partial charge in [0.15, 0.2) is 0 Å². The normalized spacial score (nSPS) is 12.5. The van der Waals surface area contributed by atoms with Gasteiger partial charge in [-0.15, -0.1) is 0 Å². The molecule has 0 fully saturated rings. The molecule has 8 heteroatoms. The van der Waals surface area contributed by atoms with E-state index in [-0.39, 0.29) is 7.85 Å². The lowest BCUT2D eigenvalue weighted by atomic mass is 10.2. The minimum absolute atomic E-state index is 0.383. The van der Waals surface area contributed by atoms with Crippen molar-refractivity contribution < 1.29 is 9.47 Å². The average molecular weight is 463 g/mol.